The third-order valence-corrected chi connectivity index (χ3v) is 4.34. The Hall–Kier alpha value is -4.00. The molecule has 3 aromatic rings. The summed E-state index contributed by atoms with van der Waals surface area (Å²) in [7, 11) is 1.64. The van der Waals surface area contributed by atoms with Gasteiger partial charge in [0.2, 0.25) is 0 Å². The summed E-state index contributed by atoms with van der Waals surface area (Å²) < 4.78 is 5.31. The molecule has 3 rings (SSSR count). The Bertz CT molecular complexity index is 1030. The number of carbonyl (C=O) groups excluding carboxylic acids is 2. The van der Waals surface area contributed by atoms with Crippen LogP contribution in [0.4, 0.5) is 11.4 Å². The van der Waals surface area contributed by atoms with Crippen LogP contribution < -0.4 is 4.90 Å². The second kappa shape index (κ2) is 8.79. The highest BCUT2D eigenvalue weighted by Gasteiger charge is 2.21. The highest BCUT2D eigenvalue weighted by atomic mass is 16.6. The SMILES string of the molecule is CN(C(=O)c1ccccc1C(=O)OCc1ccc([N+](=O)[O-])cc1)c1ccccc1. The molecule has 0 aliphatic carbocycles. The van der Waals surface area contributed by atoms with Crippen molar-refractivity contribution in [2.45, 2.75) is 6.61 Å². The second-order valence-electron chi connectivity index (χ2n) is 6.24. The van der Waals surface area contributed by atoms with Crippen LogP contribution in [0.15, 0.2) is 78.9 Å². The van der Waals surface area contributed by atoms with Gasteiger partial charge in [-0.3, -0.25) is 14.9 Å². The van der Waals surface area contributed by atoms with Crippen molar-refractivity contribution in [3.05, 3.63) is 106 Å². The number of esters is 1. The van der Waals surface area contributed by atoms with E-state index in [4.69, 9.17) is 4.74 Å². The summed E-state index contributed by atoms with van der Waals surface area (Å²) in [6, 6.07) is 21.3. The van der Waals surface area contributed by atoms with Gasteiger partial charge in [0.1, 0.15) is 6.61 Å². The number of amides is 1. The summed E-state index contributed by atoms with van der Waals surface area (Å²) in [5, 5.41) is 10.7. The fourth-order valence-electron chi connectivity index (χ4n) is 2.74. The quantitative estimate of drug-likeness (QED) is 0.357. The maximum atomic E-state index is 12.9. The number of ether oxygens (including phenoxy) is 1. The molecule has 0 atom stereocenters. The molecule has 7 nitrogen and oxygen atoms in total. The number of hydrogen-bond donors (Lipinski definition) is 0. The van der Waals surface area contributed by atoms with E-state index in [0.717, 1.165) is 0 Å². The van der Waals surface area contributed by atoms with Crippen LogP contribution in [0.2, 0.25) is 0 Å². The molecule has 1 amide bonds. The lowest BCUT2D eigenvalue weighted by molar-refractivity contribution is -0.384. The number of nitro groups is 1. The molecule has 0 bridgehead atoms. The number of non-ortho nitro benzene ring substituents is 1. The van der Waals surface area contributed by atoms with Crippen LogP contribution in [-0.4, -0.2) is 23.8 Å². The molecule has 0 aliphatic heterocycles. The summed E-state index contributed by atoms with van der Waals surface area (Å²) in [6.45, 7) is -0.0616. The molecular formula is C22H18N2O5. The van der Waals surface area contributed by atoms with E-state index in [1.807, 2.05) is 18.2 Å². The minimum atomic E-state index is -0.645. The van der Waals surface area contributed by atoms with Gasteiger partial charge in [0.15, 0.2) is 0 Å². The average molecular weight is 390 g/mol. The van der Waals surface area contributed by atoms with E-state index < -0.39 is 10.9 Å². The zero-order valence-electron chi connectivity index (χ0n) is 15.6. The minimum absolute atomic E-state index is 0.0417. The van der Waals surface area contributed by atoms with Gasteiger partial charge in [-0.1, -0.05) is 30.3 Å². The standard InChI is InChI=1S/C22H18N2O5/c1-23(17-7-3-2-4-8-17)21(25)19-9-5-6-10-20(19)22(26)29-15-16-11-13-18(14-12-16)24(27)28/h2-14H,15H2,1H3. The molecule has 0 aliphatic rings. The van der Waals surface area contributed by atoms with E-state index >= 15 is 0 Å². The Morgan fingerprint density at radius 2 is 1.48 bits per heavy atom. The zero-order valence-corrected chi connectivity index (χ0v) is 15.6. The maximum Gasteiger partial charge on any atom is 0.339 e. The van der Waals surface area contributed by atoms with Gasteiger partial charge in [-0.25, -0.2) is 4.79 Å². The number of para-hydroxylation sites is 1. The monoisotopic (exact) mass is 390 g/mol. The first-order chi connectivity index (χ1) is 14.0. The van der Waals surface area contributed by atoms with E-state index in [1.54, 1.807) is 37.4 Å². The molecule has 0 N–H and O–H groups in total. The third-order valence-electron chi connectivity index (χ3n) is 4.34. The molecule has 0 saturated heterocycles. The average Bonchev–Trinajstić information content (AvgIpc) is 2.77. The first-order valence-corrected chi connectivity index (χ1v) is 8.80. The molecule has 29 heavy (non-hydrogen) atoms. The van der Waals surface area contributed by atoms with Crippen LogP contribution in [-0.2, 0) is 11.3 Å². The van der Waals surface area contributed by atoms with Gasteiger partial charge in [0.05, 0.1) is 16.1 Å². The van der Waals surface area contributed by atoms with Gasteiger partial charge in [0, 0.05) is 24.9 Å². The van der Waals surface area contributed by atoms with E-state index in [1.165, 1.54) is 35.2 Å². The van der Waals surface area contributed by atoms with Crippen molar-refractivity contribution in [1.82, 2.24) is 0 Å². The Labute approximate surface area is 167 Å². The number of nitrogens with zero attached hydrogens (tertiary/aromatic N) is 2. The van der Waals surface area contributed by atoms with Crippen LogP contribution in [0.5, 0.6) is 0 Å². The molecule has 0 saturated carbocycles. The summed E-state index contributed by atoms with van der Waals surface area (Å²) in [6.07, 6.45) is 0. The van der Waals surface area contributed by atoms with Gasteiger partial charge >= 0.3 is 5.97 Å². The molecular weight excluding hydrogens is 372 g/mol. The van der Waals surface area contributed by atoms with Gasteiger partial charge in [0.25, 0.3) is 11.6 Å². The topological polar surface area (TPSA) is 89.8 Å². The van der Waals surface area contributed by atoms with Crippen molar-refractivity contribution in [2.24, 2.45) is 0 Å². The largest absolute Gasteiger partial charge is 0.457 e. The fourth-order valence-corrected chi connectivity index (χ4v) is 2.74. The lowest BCUT2D eigenvalue weighted by Gasteiger charge is -2.18. The second-order valence-corrected chi connectivity index (χ2v) is 6.24. The van der Waals surface area contributed by atoms with E-state index in [0.29, 0.717) is 11.3 Å². The van der Waals surface area contributed by atoms with Gasteiger partial charge in [-0.2, -0.15) is 0 Å². The Balaban J connectivity index is 1.74. The van der Waals surface area contributed by atoms with E-state index in [-0.39, 0.29) is 29.3 Å². The molecule has 0 unspecified atom stereocenters. The number of nitro benzene ring substituents is 1. The predicted molar refractivity (Wildman–Crippen MR) is 108 cm³/mol. The lowest BCUT2D eigenvalue weighted by Crippen LogP contribution is -2.28. The van der Waals surface area contributed by atoms with Gasteiger partial charge < -0.3 is 9.64 Å². The van der Waals surface area contributed by atoms with Crippen molar-refractivity contribution < 1.29 is 19.2 Å². The Morgan fingerprint density at radius 3 is 2.10 bits per heavy atom. The molecule has 0 fully saturated rings. The normalized spacial score (nSPS) is 10.2. The van der Waals surface area contributed by atoms with Crippen LogP contribution in [0.1, 0.15) is 26.3 Å². The number of rotatable bonds is 6. The first-order valence-electron chi connectivity index (χ1n) is 8.80. The molecule has 0 aromatic heterocycles. The van der Waals surface area contributed by atoms with Crippen molar-refractivity contribution in [3.63, 3.8) is 0 Å². The maximum absolute atomic E-state index is 12.9. The highest BCUT2D eigenvalue weighted by molar-refractivity contribution is 6.11. The summed E-state index contributed by atoms with van der Waals surface area (Å²) in [5.74, 6) is -0.979. The number of anilines is 1. The molecule has 146 valence electrons. The van der Waals surface area contributed by atoms with Crippen LogP contribution in [0, 0.1) is 10.1 Å². The summed E-state index contributed by atoms with van der Waals surface area (Å²) >= 11 is 0. The zero-order chi connectivity index (χ0) is 20.8. The van der Waals surface area contributed by atoms with Crippen LogP contribution in [0.25, 0.3) is 0 Å². The molecule has 0 spiro atoms. The summed E-state index contributed by atoms with van der Waals surface area (Å²) in [5.41, 5.74) is 1.65. The van der Waals surface area contributed by atoms with E-state index in [9.17, 15) is 19.7 Å². The molecule has 0 radical (unpaired) electrons. The van der Waals surface area contributed by atoms with Crippen molar-refractivity contribution in [1.29, 1.82) is 0 Å². The minimum Gasteiger partial charge on any atom is -0.457 e. The molecule has 3 aromatic carbocycles. The lowest BCUT2D eigenvalue weighted by atomic mass is 10.1. The van der Waals surface area contributed by atoms with Crippen molar-refractivity contribution in [2.75, 3.05) is 11.9 Å². The van der Waals surface area contributed by atoms with Gasteiger partial charge in [-0.05, 0) is 42.0 Å². The van der Waals surface area contributed by atoms with Crippen LogP contribution in [0.3, 0.4) is 0 Å². The predicted octanol–water partition coefficient (Wildman–Crippen LogP) is 4.23. The smallest absolute Gasteiger partial charge is 0.339 e. The van der Waals surface area contributed by atoms with Crippen LogP contribution >= 0.6 is 0 Å². The van der Waals surface area contributed by atoms with Crippen molar-refractivity contribution >= 4 is 23.3 Å². The Morgan fingerprint density at radius 1 is 0.897 bits per heavy atom. The Kier molecular flexibility index (Phi) is 5.99. The number of benzene rings is 3. The van der Waals surface area contributed by atoms with E-state index in [2.05, 4.69) is 0 Å². The number of carbonyl (C=O) groups is 2. The third kappa shape index (κ3) is 4.65. The molecule has 0 heterocycles. The highest BCUT2D eigenvalue weighted by Crippen LogP contribution is 2.19. The molecule has 7 heteroatoms. The fraction of sp³-hybridized carbons (Fsp3) is 0.0909. The number of hydrogen-bond acceptors (Lipinski definition) is 5. The van der Waals surface area contributed by atoms with Crippen molar-refractivity contribution in [3.8, 4) is 0 Å². The first kappa shape index (κ1) is 19.8. The van der Waals surface area contributed by atoms with Gasteiger partial charge in [-0.15, -0.1) is 0 Å². The summed E-state index contributed by atoms with van der Waals surface area (Å²) in [4.78, 5) is 37.1.